The van der Waals surface area contributed by atoms with E-state index in [2.05, 4.69) is 23.0 Å². The predicted molar refractivity (Wildman–Crippen MR) is 52.2 cm³/mol. The molecular formula is C6H17N3O3Si. The molecule has 0 aromatic rings. The van der Waals surface area contributed by atoms with Gasteiger partial charge in [-0.2, -0.15) is 11.0 Å². The van der Waals surface area contributed by atoms with Crippen molar-refractivity contribution in [1.29, 1.82) is 0 Å². The largest absolute Gasteiger partial charge is 0.303 e. The summed E-state index contributed by atoms with van der Waals surface area (Å²) in [4.78, 5) is 14.3. The second kappa shape index (κ2) is 6.08. The van der Waals surface area contributed by atoms with Crippen LogP contribution < -0.4 is 16.4 Å². The molecule has 0 aromatic carbocycles. The van der Waals surface area contributed by atoms with E-state index in [9.17, 15) is 0 Å². The Morgan fingerprint density at radius 3 is 1.92 bits per heavy atom. The van der Waals surface area contributed by atoms with Crippen LogP contribution in [-0.2, 0) is 14.5 Å². The number of hydrogen-bond donors (Lipinski definition) is 3. The second-order valence-electron chi connectivity index (χ2n) is 2.52. The SMILES string of the molecule is C=C(NOC)C([SiH3])(NOC)NOC. The van der Waals surface area contributed by atoms with Crippen LogP contribution in [0.4, 0.5) is 0 Å². The lowest BCUT2D eigenvalue weighted by Gasteiger charge is -2.31. The Labute approximate surface area is 80.9 Å². The summed E-state index contributed by atoms with van der Waals surface area (Å²) in [5.74, 6) is 0. The lowest BCUT2D eigenvalue weighted by Crippen LogP contribution is -2.60. The molecule has 0 radical (unpaired) electrons. The molecule has 0 aliphatic carbocycles. The van der Waals surface area contributed by atoms with Gasteiger partial charge in [0.05, 0.1) is 37.3 Å². The van der Waals surface area contributed by atoms with Gasteiger partial charge in [-0.3, -0.25) is 10.3 Å². The molecule has 0 amide bonds. The topological polar surface area (TPSA) is 63.8 Å². The number of nitrogens with one attached hydrogen (secondary N) is 3. The monoisotopic (exact) mass is 207 g/mol. The highest BCUT2D eigenvalue weighted by Gasteiger charge is 2.27. The lowest BCUT2D eigenvalue weighted by atomic mass is 10.4. The second-order valence-corrected chi connectivity index (χ2v) is 4.02. The van der Waals surface area contributed by atoms with Crippen LogP contribution >= 0.6 is 0 Å². The average Bonchev–Trinajstić information content (AvgIpc) is 2.05. The molecular weight excluding hydrogens is 190 g/mol. The minimum atomic E-state index is -0.625. The molecule has 0 unspecified atom stereocenters. The lowest BCUT2D eigenvalue weighted by molar-refractivity contribution is -0.0430. The third-order valence-corrected chi connectivity index (χ3v) is 2.45. The van der Waals surface area contributed by atoms with Crippen molar-refractivity contribution in [3.05, 3.63) is 12.3 Å². The zero-order valence-corrected chi connectivity index (χ0v) is 10.4. The molecule has 0 saturated carbocycles. The summed E-state index contributed by atoms with van der Waals surface area (Å²) in [5, 5.41) is -0.625. The fraction of sp³-hybridized carbons (Fsp3) is 0.667. The van der Waals surface area contributed by atoms with Crippen molar-refractivity contribution in [2.45, 2.75) is 5.29 Å². The van der Waals surface area contributed by atoms with Gasteiger partial charge in [0.25, 0.3) is 0 Å². The minimum Gasteiger partial charge on any atom is -0.303 e. The molecule has 0 spiro atoms. The van der Waals surface area contributed by atoms with Crippen LogP contribution in [0.1, 0.15) is 0 Å². The van der Waals surface area contributed by atoms with E-state index in [1.807, 2.05) is 0 Å². The molecule has 0 aliphatic heterocycles. The summed E-state index contributed by atoms with van der Waals surface area (Å²) in [7, 11) is 5.21. The van der Waals surface area contributed by atoms with E-state index < -0.39 is 5.29 Å². The van der Waals surface area contributed by atoms with Crippen molar-refractivity contribution >= 4 is 10.2 Å². The van der Waals surface area contributed by atoms with Gasteiger partial charge >= 0.3 is 0 Å². The molecule has 6 nitrogen and oxygen atoms in total. The Kier molecular flexibility index (Phi) is 5.87. The molecule has 7 heteroatoms. The summed E-state index contributed by atoms with van der Waals surface area (Å²) >= 11 is 0. The van der Waals surface area contributed by atoms with E-state index in [-0.39, 0.29) is 0 Å². The maximum atomic E-state index is 4.81. The van der Waals surface area contributed by atoms with Crippen LogP contribution in [-0.4, -0.2) is 36.9 Å². The molecule has 0 aromatic heterocycles. The van der Waals surface area contributed by atoms with Crippen LogP contribution in [0.5, 0.6) is 0 Å². The summed E-state index contributed by atoms with van der Waals surface area (Å²) in [6.07, 6.45) is 0. The normalized spacial score (nSPS) is 11.6. The molecule has 0 atom stereocenters. The van der Waals surface area contributed by atoms with Gasteiger partial charge in [-0.25, -0.2) is 0 Å². The quantitative estimate of drug-likeness (QED) is 0.254. The van der Waals surface area contributed by atoms with Gasteiger partial charge in [0, 0.05) is 0 Å². The zero-order valence-electron chi connectivity index (χ0n) is 8.43. The Bertz CT molecular complexity index is 161. The molecule has 0 aliphatic rings. The Morgan fingerprint density at radius 1 is 1.15 bits per heavy atom. The van der Waals surface area contributed by atoms with Gasteiger partial charge in [0.2, 0.25) is 0 Å². The molecule has 3 N–H and O–H groups in total. The summed E-state index contributed by atoms with van der Waals surface area (Å²) in [5.41, 5.74) is 8.66. The van der Waals surface area contributed by atoms with Gasteiger partial charge in [-0.15, -0.1) is 0 Å². The van der Waals surface area contributed by atoms with Crippen molar-refractivity contribution in [3.8, 4) is 0 Å². The highest BCUT2D eigenvalue weighted by atomic mass is 28.1. The smallest absolute Gasteiger partial charge is 0.133 e. The van der Waals surface area contributed by atoms with Crippen LogP contribution in [0, 0.1) is 0 Å². The molecule has 0 heterocycles. The van der Waals surface area contributed by atoms with E-state index in [1.165, 1.54) is 21.3 Å². The van der Waals surface area contributed by atoms with Crippen LogP contribution in [0.3, 0.4) is 0 Å². The van der Waals surface area contributed by atoms with Gasteiger partial charge in [0.15, 0.2) is 0 Å². The van der Waals surface area contributed by atoms with Crippen molar-refractivity contribution in [1.82, 2.24) is 16.4 Å². The number of hydroxylamine groups is 3. The zero-order chi connectivity index (χ0) is 10.3. The fourth-order valence-corrected chi connectivity index (χ4v) is 1.29. The maximum Gasteiger partial charge on any atom is 0.133 e. The van der Waals surface area contributed by atoms with Crippen LogP contribution in [0.25, 0.3) is 0 Å². The Morgan fingerprint density at radius 2 is 1.62 bits per heavy atom. The summed E-state index contributed by atoms with van der Waals surface area (Å²) in [6, 6.07) is 0. The van der Waals surface area contributed by atoms with E-state index in [0.717, 1.165) is 0 Å². The first-order valence-electron chi connectivity index (χ1n) is 3.69. The first-order valence-corrected chi connectivity index (χ1v) is 4.69. The highest BCUT2D eigenvalue weighted by molar-refractivity contribution is 6.16. The fourth-order valence-electron chi connectivity index (χ4n) is 0.778. The van der Waals surface area contributed by atoms with E-state index in [0.29, 0.717) is 15.9 Å². The first kappa shape index (κ1) is 12.6. The molecule has 0 rings (SSSR count). The number of rotatable bonds is 7. The average molecular weight is 207 g/mol. The standard InChI is InChI=1S/C6H17N3O3Si/c1-5(7-10-2)6(13,8-11-3)9-12-4/h7-9H,1H2,2-4,13H3. The molecule has 13 heavy (non-hydrogen) atoms. The minimum absolute atomic E-state index is 0.588. The Balaban J connectivity index is 4.27. The van der Waals surface area contributed by atoms with Gasteiger partial charge < -0.3 is 9.68 Å². The number of hydrogen-bond acceptors (Lipinski definition) is 6. The third-order valence-electron chi connectivity index (χ3n) is 1.44. The molecule has 0 bridgehead atoms. The van der Waals surface area contributed by atoms with E-state index in [1.54, 1.807) is 0 Å². The van der Waals surface area contributed by atoms with E-state index in [4.69, 9.17) is 14.5 Å². The van der Waals surface area contributed by atoms with Gasteiger partial charge in [-0.05, 0) is 0 Å². The van der Waals surface area contributed by atoms with E-state index >= 15 is 0 Å². The van der Waals surface area contributed by atoms with Crippen LogP contribution in [0.15, 0.2) is 12.3 Å². The Hall–Kier alpha value is -0.443. The third kappa shape index (κ3) is 3.85. The highest BCUT2D eigenvalue weighted by Crippen LogP contribution is 2.03. The summed E-state index contributed by atoms with van der Waals surface area (Å²) < 4.78 is 0. The molecule has 0 fully saturated rings. The molecule has 0 saturated heterocycles. The molecule has 78 valence electrons. The van der Waals surface area contributed by atoms with Crippen molar-refractivity contribution in [2.24, 2.45) is 0 Å². The summed E-state index contributed by atoms with van der Waals surface area (Å²) in [6.45, 7) is 3.77. The van der Waals surface area contributed by atoms with Crippen LogP contribution in [0.2, 0.25) is 0 Å². The van der Waals surface area contributed by atoms with Crippen molar-refractivity contribution < 1.29 is 14.5 Å². The predicted octanol–water partition coefficient (Wildman–Crippen LogP) is -2.03. The van der Waals surface area contributed by atoms with Crippen molar-refractivity contribution in [3.63, 3.8) is 0 Å². The van der Waals surface area contributed by atoms with Gasteiger partial charge in [0.1, 0.15) is 5.29 Å². The first-order chi connectivity index (χ1) is 6.10. The van der Waals surface area contributed by atoms with Crippen molar-refractivity contribution in [2.75, 3.05) is 21.3 Å². The maximum absolute atomic E-state index is 4.81. The van der Waals surface area contributed by atoms with Gasteiger partial charge in [-0.1, -0.05) is 6.58 Å².